The second-order valence-electron chi connectivity index (χ2n) is 4.42. The number of rotatable bonds is 3. The van der Waals surface area contributed by atoms with Gasteiger partial charge in [0.2, 0.25) is 0 Å². The average Bonchev–Trinajstić information content (AvgIpc) is 2.28. The minimum absolute atomic E-state index is 0.121. The number of hydrogen-bond acceptors (Lipinski definition) is 3. The molecule has 0 aliphatic carbocycles. The van der Waals surface area contributed by atoms with Crippen LogP contribution in [0.25, 0.3) is 11.4 Å². The molecule has 0 spiro atoms. The van der Waals surface area contributed by atoms with Gasteiger partial charge in [0.15, 0.2) is 5.82 Å². The van der Waals surface area contributed by atoms with Gasteiger partial charge in [-0.3, -0.25) is 0 Å². The summed E-state index contributed by atoms with van der Waals surface area (Å²) in [5, 5.41) is 0. The lowest BCUT2D eigenvalue weighted by Crippen LogP contribution is -2.18. The fraction of sp³-hybridized carbons (Fsp3) is 0.286. The predicted octanol–water partition coefficient (Wildman–Crippen LogP) is 2.34. The van der Waals surface area contributed by atoms with Crippen LogP contribution in [-0.4, -0.2) is 16.0 Å². The molecule has 1 unspecified atom stereocenters. The molecule has 2 N–H and O–H groups in total. The molecule has 0 fully saturated rings. The number of hydrogen-bond donors (Lipinski definition) is 1. The molecule has 2 rings (SSSR count). The van der Waals surface area contributed by atoms with Crippen molar-refractivity contribution in [2.45, 2.75) is 26.3 Å². The quantitative estimate of drug-likeness (QED) is 0.875. The van der Waals surface area contributed by atoms with Crippen LogP contribution in [0, 0.1) is 6.92 Å². The third-order valence-corrected chi connectivity index (χ3v) is 2.52. The molecule has 88 valence electrons. The Morgan fingerprint density at radius 1 is 1.29 bits per heavy atom. The van der Waals surface area contributed by atoms with Crippen molar-refractivity contribution < 1.29 is 0 Å². The van der Waals surface area contributed by atoms with E-state index in [0.29, 0.717) is 0 Å². The molecule has 1 aromatic carbocycles. The second kappa shape index (κ2) is 5.06. The first-order chi connectivity index (χ1) is 8.15. The van der Waals surface area contributed by atoms with E-state index >= 15 is 0 Å². The smallest absolute Gasteiger partial charge is 0.159 e. The van der Waals surface area contributed by atoms with E-state index in [4.69, 9.17) is 5.73 Å². The molecule has 0 aliphatic rings. The summed E-state index contributed by atoms with van der Waals surface area (Å²) in [6, 6.07) is 10.2. The molecule has 0 amide bonds. The van der Waals surface area contributed by atoms with Gasteiger partial charge in [0, 0.05) is 29.9 Å². The number of aryl methyl sites for hydroxylation is 1. The Morgan fingerprint density at radius 3 is 2.82 bits per heavy atom. The van der Waals surface area contributed by atoms with Crippen LogP contribution in [0.3, 0.4) is 0 Å². The fourth-order valence-electron chi connectivity index (χ4n) is 1.76. The van der Waals surface area contributed by atoms with Gasteiger partial charge < -0.3 is 5.73 Å². The van der Waals surface area contributed by atoms with E-state index in [1.165, 1.54) is 5.56 Å². The standard InChI is InChI=1S/C14H17N3/c1-10-4-3-5-12(8-10)14-16-7-6-13(17-14)9-11(2)15/h3-8,11H,9,15H2,1-2H3. The van der Waals surface area contributed by atoms with E-state index in [1.807, 2.05) is 25.1 Å². The molecule has 0 bridgehead atoms. The number of benzene rings is 1. The van der Waals surface area contributed by atoms with Gasteiger partial charge in [-0.05, 0) is 26.0 Å². The summed E-state index contributed by atoms with van der Waals surface area (Å²) >= 11 is 0. The Kier molecular flexibility index (Phi) is 3.49. The van der Waals surface area contributed by atoms with Crippen molar-refractivity contribution in [1.82, 2.24) is 9.97 Å². The van der Waals surface area contributed by atoms with E-state index < -0.39 is 0 Å². The van der Waals surface area contributed by atoms with E-state index in [2.05, 4.69) is 29.0 Å². The van der Waals surface area contributed by atoms with Gasteiger partial charge in [0.1, 0.15) is 0 Å². The van der Waals surface area contributed by atoms with Crippen molar-refractivity contribution in [3.8, 4) is 11.4 Å². The number of nitrogens with zero attached hydrogens (tertiary/aromatic N) is 2. The SMILES string of the molecule is Cc1cccc(-c2nccc(CC(C)N)n2)c1. The summed E-state index contributed by atoms with van der Waals surface area (Å²) in [5.41, 5.74) is 9.03. The average molecular weight is 227 g/mol. The first-order valence-electron chi connectivity index (χ1n) is 5.79. The highest BCUT2D eigenvalue weighted by Crippen LogP contribution is 2.16. The molecule has 1 atom stereocenters. The number of nitrogens with two attached hydrogens (primary N) is 1. The van der Waals surface area contributed by atoms with E-state index in [1.54, 1.807) is 6.20 Å². The molecular weight excluding hydrogens is 210 g/mol. The molecule has 1 aromatic heterocycles. The third-order valence-electron chi connectivity index (χ3n) is 2.52. The lowest BCUT2D eigenvalue weighted by molar-refractivity contribution is 0.720. The van der Waals surface area contributed by atoms with Crippen LogP contribution < -0.4 is 5.73 Å². The van der Waals surface area contributed by atoms with Crippen molar-refractivity contribution in [1.29, 1.82) is 0 Å². The van der Waals surface area contributed by atoms with Crippen molar-refractivity contribution in [3.05, 3.63) is 47.8 Å². The van der Waals surface area contributed by atoms with E-state index in [0.717, 1.165) is 23.5 Å². The second-order valence-corrected chi connectivity index (χ2v) is 4.42. The van der Waals surface area contributed by atoms with Crippen molar-refractivity contribution >= 4 is 0 Å². The maximum absolute atomic E-state index is 5.78. The minimum Gasteiger partial charge on any atom is -0.328 e. The first kappa shape index (κ1) is 11.7. The minimum atomic E-state index is 0.121. The summed E-state index contributed by atoms with van der Waals surface area (Å²) in [4.78, 5) is 8.84. The fourth-order valence-corrected chi connectivity index (χ4v) is 1.76. The molecule has 2 aromatic rings. The Morgan fingerprint density at radius 2 is 2.12 bits per heavy atom. The van der Waals surface area contributed by atoms with Gasteiger partial charge in [0.25, 0.3) is 0 Å². The zero-order valence-corrected chi connectivity index (χ0v) is 10.2. The zero-order chi connectivity index (χ0) is 12.3. The lowest BCUT2D eigenvalue weighted by Gasteiger charge is -2.06. The Bertz CT molecular complexity index is 506. The Hall–Kier alpha value is -1.74. The maximum atomic E-state index is 5.78. The van der Waals surface area contributed by atoms with Gasteiger partial charge in [-0.1, -0.05) is 23.8 Å². The maximum Gasteiger partial charge on any atom is 0.159 e. The van der Waals surface area contributed by atoms with Crippen molar-refractivity contribution in [2.24, 2.45) is 5.73 Å². The van der Waals surface area contributed by atoms with Crippen LogP contribution in [0.5, 0.6) is 0 Å². The number of aromatic nitrogens is 2. The predicted molar refractivity (Wildman–Crippen MR) is 69.6 cm³/mol. The molecule has 0 radical (unpaired) electrons. The van der Waals surface area contributed by atoms with Gasteiger partial charge in [0.05, 0.1) is 0 Å². The molecular formula is C14H17N3. The van der Waals surface area contributed by atoms with Crippen LogP contribution in [0.15, 0.2) is 36.5 Å². The lowest BCUT2D eigenvalue weighted by atomic mass is 10.1. The summed E-state index contributed by atoms with van der Waals surface area (Å²) < 4.78 is 0. The first-order valence-corrected chi connectivity index (χ1v) is 5.79. The van der Waals surface area contributed by atoms with Gasteiger partial charge in [-0.15, -0.1) is 0 Å². The Labute approximate surface area is 102 Å². The third kappa shape index (κ3) is 3.11. The van der Waals surface area contributed by atoms with Gasteiger partial charge in [-0.2, -0.15) is 0 Å². The van der Waals surface area contributed by atoms with Crippen LogP contribution in [0.2, 0.25) is 0 Å². The summed E-state index contributed by atoms with van der Waals surface area (Å²) in [5.74, 6) is 0.770. The van der Waals surface area contributed by atoms with Crippen LogP contribution in [0.4, 0.5) is 0 Å². The highest BCUT2D eigenvalue weighted by molar-refractivity contribution is 5.55. The van der Waals surface area contributed by atoms with Crippen LogP contribution in [-0.2, 0) is 6.42 Å². The molecule has 3 nitrogen and oxygen atoms in total. The van der Waals surface area contributed by atoms with Crippen LogP contribution in [0.1, 0.15) is 18.2 Å². The van der Waals surface area contributed by atoms with Gasteiger partial charge in [-0.25, -0.2) is 9.97 Å². The highest BCUT2D eigenvalue weighted by atomic mass is 14.9. The van der Waals surface area contributed by atoms with E-state index in [9.17, 15) is 0 Å². The Balaban J connectivity index is 2.33. The van der Waals surface area contributed by atoms with Crippen molar-refractivity contribution in [3.63, 3.8) is 0 Å². The van der Waals surface area contributed by atoms with Crippen molar-refractivity contribution in [2.75, 3.05) is 0 Å². The largest absolute Gasteiger partial charge is 0.328 e. The summed E-state index contributed by atoms with van der Waals surface area (Å²) in [7, 11) is 0. The molecule has 1 heterocycles. The molecule has 0 saturated carbocycles. The molecule has 0 aliphatic heterocycles. The topological polar surface area (TPSA) is 51.8 Å². The molecule has 3 heteroatoms. The highest BCUT2D eigenvalue weighted by Gasteiger charge is 2.04. The summed E-state index contributed by atoms with van der Waals surface area (Å²) in [6.07, 6.45) is 2.57. The monoisotopic (exact) mass is 227 g/mol. The van der Waals surface area contributed by atoms with E-state index in [-0.39, 0.29) is 6.04 Å². The zero-order valence-electron chi connectivity index (χ0n) is 10.2. The van der Waals surface area contributed by atoms with Gasteiger partial charge >= 0.3 is 0 Å². The van der Waals surface area contributed by atoms with Crippen LogP contribution >= 0.6 is 0 Å². The normalized spacial score (nSPS) is 12.4. The molecule has 17 heavy (non-hydrogen) atoms. The summed E-state index contributed by atoms with van der Waals surface area (Å²) in [6.45, 7) is 4.05. The molecule has 0 saturated heterocycles.